The normalized spacial score (nSPS) is 11.0. The Labute approximate surface area is 103 Å². The zero-order chi connectivity index (χ0) is 12.5. The molecule has 0 N–H and O–H groups in total. The third-order valence-corrected chi connectivity index (χ3v) is 3.07. The highest BCUT2D eigenvalue weighted by atomic mass is 19.1. The van der Waals surface area contributed by atoms with Crippen molar-refractivity contribution in [1.82, 2.24) is 4.57 Å². The standard InChI is InChI=1S/C15H11F2N/c16-13-5-3-6-14(17)12(13)10-18-9-8-11-4-1-2-7-15(11)18/h1-9H,10H2. The van der Waals surface area contributed by atoms with Crippen LogP contribution in [0.2, 0.25) is 0 Å². The van der Waals surface area contributed by atoms with Crippen molar-refractivity contribution in [3.05, 3.63) is 71.9 Å². The van der Waals surface area contributed by atoms with E-state index in [1.807, 2.05) is 41.1 Å². The summed E-state index contributed by atoms with van der Waals surface area (Å²) in [4.78, 5) is 0. The number of halogens is 2. The minimum absolute atomic E-state index is 0.0962. The van der Waals surface area contributed by atoms with Gasteiger partial charge in [0, 0.05) is 17.3 Å². The Morgan fingerprint density at radius 2 is 1.56 bits per heavy atom. The minimum atomic E-state index is -0.507. The van der Waals surface area contributed by atoms with Crippen molar-refractivity contribution in [2.24, 2.45) is 0 Å². The molecule has 1 nitrogen and oxygen atoms in total. The van der Waals surface area contributed by atoms with E-state index in [4.69, 9.17) is 0 Å². The Bertz CT molecular complexity index is 680. The Balaban J connectivity index is 2.07. The van der Waals surface area contributed by atoms with Crippen molar-refractivity contribution < 1.29 is 8.78 Å². The van der Waals surface area contributed by atoms with Crippen molar-refractivity contribution in [2.75, 3.05) is 0 Å². The molecule has 1 aromatic heterocycles. The SMILES string of the molecule is Fc1cccc(F)c1Cn1ccc2ccccc21. The van der Waals surface area contributed by atoms with Crippen molar-refractivity contribution in [3.63, 3.8) is 0 Å². The third-order valence-electron chi connectivity index (χ3n) is 3.07. The van der Waals surface area contributed by atoms with Crippen LogP contribution in [-0.2, 0) is 6.54 Å². The van der Waals surface area contributed by atoms with E-state index in [9.17, 15) is 8.78 Å². The molecule has 3 heteroatoms. The van der Waals surface area contributed by atoms with E-state index in [0.717, 1.165) is 10.9 Å². The zero-order valence-electron chi connectivity index (χ0n) is 9.61. The van der Waals surface area contributed by atoms with E-state index in [0.29, 0.717) is 0 Å². The fourth-order valence-corrected chi connectivity index (χ4v) is 2.13. The van der Waals surface area contributed by atoms with Gasteiger partial charge in [-0.1, -0.05) is 24.3 Å². The first-order valence-electron chi connectivity index (χ1n) is 5.72. The van der Waals surface area contributed by atoms with Crippen LogP contribution in [0, 0.1) is 11.6 Å². The van der Waals surface area contributed by atoms with Gasteiger partial charge < -0.3 is 4.57 Å². The van der Waals surface area contributed by atoms with Gasteiger partial charge in [0.2, 0.25) is 0 Å². The van der Waals surface area contributed by atoms with Crippen LogP contribution in [-0.4, -0.2) is 4.57 Å². The maximum Gasteiger partial charge on any atom is 0.131 e. The molecule has 0 saturated carbocycles. The summed E-state index contributed by atoms with van der Waals surface area (Å²) in [6.45, 7) is 0.200. The van der Waals surface area contributed by atoms with E-state index in [1.54, 1.807) is 0 Å². The van der Waals surface area contributed by atoms with Crippen molar-refractivity contribution in [3.8, 4) is 0 Å². The van der Waals surface area contributed by atoms with Crippen molar-refractivity contribution in [1.29, 1.82) is 0 Å². The van der Waals surface area contributed by atoms with Gasteiger partial charge in [0.05, 0.1) is 6.54 Å². The maximum atomic E-state index is 13.6. The van der Waals surface area contributed by atoms with Crippen molar-refractivity contribution >= 4 is 10.9 Å². The number of rotatable bonds is 2. The van der Waals surface area contributed by atoms with Crippen LogP contribution in [0.3, 0.4) is 0 Å². The van der Waals surface area contributed by atoms with E-state index in [1.165, 1.54) is 18.2 Å². The molecule has 3 rings (SSSR count). The molecule has 0 radical (unpaired) electrons. The lowest BCUT2D eigenvalue weighted by molar-refractivity contribution is 0.547. The highest BCUT2D eigenvalue weighted by Gasteiger charge is 2.10. The molecule has 0 unspecified atom stereocenters. The lowest BCUT2D eigenvalue weighted by Crippen LogP contribution is -2.03. The molecule has 0 bridgehead atoms. The van der Waals surface area contributed by atoms with E-state index < -0.39 is 11.6 Å². The molecule has 1 heterocycles. The van der Waals surface area contributed by atoms with Crippen molar-refractivity contribution in [2.45, 2.75) is 6.54 Å². The molecule has 0 aliphatic carbocycles. The summed E-state index contributed by atoms with van der Waals surface area (Å²) >= 11 is 0. The molecular formula is C15H11F2N. The summed E-state index contributed by atoms with van der Waals surface area (Å²) in [5.41, 5.74) is 1.07. The number of aromatic nitrogens is 1. The van der Waals surface area contributed by atoms with Crippen LogP contribution in [0.15, 0.2) is 54.7 Å². The maximum absolute atomic E-state index is 13.6. The van der Waals surface area contributed by atoms with Gasteiger partial charge in [-0.05, 0) is 29.7 Å². The highest BCUT2D eigenvalue weighted by molar-refractivity contribution is 5.80. The first kappa shape index (κ1) is 11.0. The summed E-state index contributed by atoms with van der Waals surface area (Å²) in [5, 5.41) is 1.06. The second kappa shape index (κ2) is 4.26. The Hall–Kier alpha value is -2.16. The molecule has 2 aromatic carbocycles. The average molecular weight is 243 g/mol. The Morgan fingerprint density at radius 3 is 2.33 bits per heavy atom. The topological polar surface area (TPSA) is 4.93 Å². The predicted octanol–water partition coefficient (Wildman–Crippen LogP) is 3.97. The third kappa shape index (κ3) is 1.78. The number of nitrogens with zero attached hydrogens (tertiary/aromatic N) is 1. The van der Waals surface area contributed by atoms with Crippen LogP contribution in [0.5, 0.6) is 0 Å². The summed E-state index contributed by atoms with van der Waals surface area (Å²) in [6.07, 6.45) is 1.84. The fourth-order valence-electron chi connectivity index (χ4n) is 2.13. The van der Waals surface area contributed by atoms with Crippen LogP contribution in [0.4, 0.5) is 8.78 Å². The first-order chi connectivity index (χ1) is 8.75. The molecule has 0 aliphatic heterocycles. The Kier molecular flexibility index (Phi) is 2.59. The van der Waals surface area contributed by atoms with E-state index >= 15 is 0 Å². The van der Waals surface area contributed by atoms with Gasteiger partial charge in [-0.3, -0.25) is 0 Å². The summed E-state index contributed by atoms with van der Waals surface area (Å²) in [6, 6.07) is 13.6. The summed E-state index contributed by atoms with van der Waals surface area (Å²) < 4.78 is 29.0. The lowest BCUT2D eigenvalue weighted by Gasteiger charge is -2.07. The minimum Gasteiger partial charge on any atom is -0.343 e. The van der Waals surface area contributed by atoms with Gasteiger partial charge in [-0.15, -0.1) is 0 Å². The lowest BCUT2D eigenvalue weighted by atomic mass is 10.2. The monoisotopic (exact) mass is 243 g/mol. The van der Waals surface area contributed by atoms with Crippen LogP contribution < -0.4 is 0 Å². The second-order valence-corrected chi connectivity index (χ2v) is 4.20. The number of fused-ring (bicyclic) bond motifs is 1. The number of benzene rings is 2. The highest BCUT2D eigenvalue weighted by Crippen LogP contribution is 2.19. The quantitative estimate of drug-likeness (QED) is 0.642. The molecular weight excluding hydrogens is 232 g/mol. The molecule has 90 valence electrons. The van der Waals surface area contributed by atoms with E-state index in [-0.39, 0.29) is 12.1 Å². The molecule has 3 aromatic rings. The average Bonchev–Trinajstić information content (AvgIpc) is 2.77. The second-order valence-electron chi connectivity index (χ2n) is 4.20. The number of para-hydroxylation sites is 1. The Morgan fingerprint density at radius 1 is 0.833 bits per heavy atom. The number of hydrogen-bond acceptors (Lipinski definition) is 0. The van der Waals surface area contributed by atoms with Gasteiger partial charge in [0.15, 0.2) is 0 Å². The molecule has 0 atom stereocenters. The van der Waals surface area contributed by atoms with Crippen LogP contribution >= 0.6 is 0 Å². The first-order valence-corrected chi connectivity index (χ1v) is 5.72. The molecule has 0 saturated heterocycles. The molecule has 0 spiro atoms. The van der Waals surface area contributed by atoms with Gasteiger partial charge >= 0.3 is 0 Å². The molecule has 0 fully saturated rings. The summed E-state index contributed by atoms with van der Waals surface area (Å²) in [5.74, 6) is -1.01. The van der Waals surface area contributed by atoms with Crippen LogP contribution in [0.1, 0.15) is 5.56 Å². The predicted molar refractivity (Wildman–Crippen MR) is 67.4 cm³/mol. The molecule has 18 heavy (non-hydrogen) atoms. The zero-order valence-corrected chi connectivity index (χ0v) is 9.61. The van der Waals surface area contributed by atoms with E-state index in [2.05, 4.69) is 0 Å². The van der Waals surface area contributed by atoms with Gasteiger partial charge in [0.25, 0.3) is 0 Å². The smallest absolute Gasteiger partial charge is 0.131 e. The molecule has 0 aliphatic rings. The largest absolute Gasteiger partial charge is 0.343 e. The molecule has 0 amide bonds. The van der Waals surface area contributed by atoms with Gasteiger partial charge in [0.1, 0.15) is 11.6 Å². The fraction of sp³-hybridized carbons (Fsp3) is 0.0667. The van der Waals surface area contributed by atoms with Gasteiger partial charge in [-0.25, -0.2) is 8.78 Å². The summed E-state index contributed by atoms with van der Waals surface area (Å²) in [7, 11) is 0. The van der Waals surface area contributed by atoms with Crippen LogP contribution in [0.25, 0.3) is 10.9 Å². The number of hydrogen-bond donors (Lipinski definition) is 0. The van der Waals surface area contributed by atoms with Gasteiger partial charge in [-0.2, -0.15) is 0 Å².